The molecule has 9 nitrogen and oxygen atoms in total. The van der Waals surface area contributed by atoms with Crippen LogP contribution in [0.15, 0.2) is 54.9 Å². The Labute approximate surface area is 255 Å². The van der Waals surface area contributed by atoms with E-state index < -0.39 is 22.5 Å². The average molecular weight is 609 g/mol. The maximum Gasteiger partial charge on any atom is 0.254 e. The summed E-state index contributed by atoms with van der Waals surface area (Å²) >= 11 is 0. The fraction of sp³-hybridized carbons (Fsp3) is 0.424. The number of carbonyl (C=O) groups excluding carboxylic acids is 2. The molecule has 2 N–H and O–H groups in total. The SMILES string of the molecule is COc1cc(C(=O)N2CCC(CCNC(=O)C3(c4cccnc4)CCNCC3)(c3ccc(F)c(F)c3)C2)cc(OC)c1OC. The molecule has 2 saturated heterocycles. The Bertz CT molecular complexity index is 1470. The van der Waals surface area contributed by atoms with Crippen LogP contribution in [0, 0.1) is 11.6 Å². The predicted molar refractivity (Wildman–Crippen MR) is 160 cm³/mol. The van der Waals surface area contributed by atoms with Gasteiger partial charge in [0.05, 0.1) is 26.7 Å². The van der Waals surface area contributed by atoms with Crippen molar-refractivity contribution in [2.75, 3.05) is 54.1 Å². The first kappa shape index (κ1) is 31.2. The minimum absolute atomic E-state index is 0.0872. The highest BCUT2D eigenvalue weighted by Crippen LogP contribution is 2.42. The highest BCUT2D eigenvalue weighted by Gasteiger charge is 2.44. The van der Waals surface area contributed by atoms with Gasteiger partial charge in [0.1, 0.15) is 0 Å². The van der Waals surface area contributed by atoms with Gasteiger partial charge >= 0.3 is 0 Å². The number of hydrogen-bond donors (Lipinski definition) is 2. The lowest BCUT2D eigenvalue weighted by Crippen LogP contribution is -2.51. The maximum absolute atomic E-state index is 14.5. The molecule has 0 bridgehead atoms. The predicted octanol–water partition coefficient (Wildman–Crippen LogP) is 4.00. The summed E-state index contributed by atoms with van der Waals surface area (Å²) in [5, 5.41) is 6.47. The Kier molecular flexibility index (Phi) is 9.33. The number of carbonyl (C=O) groups is 2. The average Bonchev–Trinajstić information content (AvgIpc) is 3.50. The molecule has 3 heterocycles. The summed E-state index contributed by atoms with van der Waals surface area (Å²) < 4.78 is 44.7. The molecule has 2 aliphatic rings. The van der Waals surface area contributed by atoms with Gasteiger partial charge in [-0.25, -0.2) is 8.78 Å². The summed E-state index contributed by atoms with van der Waals surface area (Å²) in [5.74, 6) is -1.17. The standard InChI is InChI=1S/C33H38F2N4O5/c1-42-27-17-22(18-28(43-2)29(27)44-3)30(40)39-16-11-32(21-39,23-6-7-25(34)26(35)19-23)8-15-38-31(41)33(9-13-36-14-10-33)24-5-4-12-37-20-24/h4-7,12,17-20,36H,8-11,13-16,21H2,1-3H3,(H,38,41). The number of aromatic nitrogens is 1. The monoisotopic (exact) mass is 608 g/mol. The van der Waals surface area contributed by atoms with Crippen molar-refractivity contribution in [2.45, 2.75) is 36.5 Å². The number of piperidine rings is 1. The zero-order valence-electron chi connectivity index (χ0n) is 25.3. The van der Waals surface area contributed by atoms with Crippen LogP contribution in [0.1, 0.15) is 47.2 Å². The van der Waals surface area contributed by atoms with Crippen LogP contribution in [0.25, 0.3) is 0 Å². The molecule has 2 amide bonds. The quantitative estimate of drug-likeness (QED) is 0.359. The van der Waals surface area contributed by atoms with Crippen LogP contribution >= 0.6 is 0 Å². The third-order valence-electron chi connectivity index (χ3n) is 9.08. The first-order chi connectivity index (χ1) is 21.3. The van der Waals surface area contributed by atoms with E-state index in [1.54, 1.807) is 35.5 Å². The van der Waals surface area contributed by atoms with E-state index in [9.17, 15) is 18.4 Å². The number of pyridine rings is 1. The van der Waals surface area contributed by atoms with Crippen LogP contribution in [0.5, 0.6) is 17.2 Å². The summed E-state index contributed by atoms with van der Waals surface area (Å²) in [7, 11) is 4.44. The second kappa shape index (κ2) is 13.2. The number of ether oxygens (including phenoxy) is 3. The van der Waals surface area contributed by atoms with Crippen molar-refractivity contribution in [3.05, 3.63) is 83.2 Å². The summed E-state index contributed by atoms with van der Waals surface area (Å²) in [5.41, 5.74) is 0.372. The van der Waals surface area contributed by atoms with Crippen LogP contribution in [-0.4, -0.2) is 75.8 Å². The first-order valence-electron chi connectivity index (χ1n) is 14.7. The minimum atomic E-state index is -0.953. The van der Waals surface area contributed by atoms with Crippen LogP contribution in [0.3, 0.4) is 0 Å². The van der Waals surface area contributed by atoms with E-state index in [1.165, 1.54) is 27.4 Å². The van der Waals surface area contributed by atoms with E-state index >= 15 is 0 Å². The number of halogens is 2. The van der Waals surface area contributed by atoms with Crippen molar-refractivity contribution in [2.24, 2.45) is 0 Å². The van der Waals surface area contributed by atoms with Crippen LogP contribution < -0.4 is 24.8 Å². The number of rotatable bonds is 10. The van der Waals surface area contributed by atoms with Gasteiger partial charge in [0, 0.05) is 43.0 Å². The molecule has 2 aliphatic heterocycles. The Morgan fingerprint density at radius 1 is 0.955 bits per heavy atom. The molecule has 0 aliphatic carbocycles. The number of benzene rings is 2. The molecule has 1 atom stereocenters. The second-order valence-corrected chi connectivity index (χ2v) is 11.4. The lowest BCUT2D eigenvalue weighted by atomic mass is 9.72. The summed E-state index contributed by atoms with van der Waals surface area (Å²) in [6, 6.07) is 10.8. The molecule has 11 heteroatoms. The van der Waals surface area contributed by atoms with Crippen molar-refractivity contribution in [1.82, 2.24) is 20.5 Å². The number of likely N-dealkylation sites (tertiary alicyclic amines) is 1. The zero-order valence-corrected chi connectivity index (χ0v) is 25.3. The molecule has 0 spiro atoms. The van der Waals surface area contributed by atoms with Crippen LogP contribution in [0.2, 0.25) is 0 Å². The van der Waals surface area contributed by atoms with Crippen molar-refractivity contribution >= 4 is 11.8 Å². The van der Waals surface area contributed by atoms with Gasteiger partial charge in [0.2, 0.25) is 11.7 Å². The summed E-state index contributed by atoms with van der Waals surface area (Å²) in [4.78, 5) is 33.5. The van der Waals surface area contributed by atoms with E-state index in [0.29, 0.717) is 80.2 Å². The van der Waals surface area contributed by atoms with Crippen molar-refractivity contribution in [3.63, 3.8) is 0 Å². The van der Waals surface area contributed by atoms with E-state index in [0.717, 1.165) is 11.6 Å². The molecule has 2 aromatic carbocycles. The van der Waals surface area contributed by atoms with Crippen LogP contribution in [-0.2, 0) is 15.6 Å². The molecule has 0 saturated carbocycles. The van der Waals surface area contributed by atoms with E-state index in [-0.39, 0.29) is 18.4 Å². The van der Waals surface area contributed by atoms with Crippen molar-refractivity contribution in [1.29, 1.82) is 0 Å². The fourth-order valence-corrected chi connectivity index (χ4v) is 6.57. The fourth-order valence-electron chi connectivity index (χ4n) is 6.57. The highest BCUT2D eigenvalue weighted by molar-refractivity contribution is 5.96. The molecule has 1 aromatic heterocycles. The molecule has 44 heavy (non-hydrogen) atoms. The lowest BCUT2D eigenvalue weighted by Gasteiger charge is -2.37. The zero-order chi connectivity index (χ0) is 31.3. The topological polar surface area (TPSA) is 102 Å². The van der Waals surface area contributed by atoms with E-state index in [4.69, 9.17) is 14.2 Å². The number of hydrogen-bond acceptors (Lipinski definition) is 7. The Morgan fingerprint density at radius 3 is 2.30 bits per heavy atom. The smallest absolute Gasteiger partial charge is 0.254 e. The molecule has 1 unspecified atom stereocenters. The van der Waals surface area contributed by atoms with E-state index in [2.05, 4.69) is 15.6 Å². The molecule has 5 rings (SSSR count). The van der Waals surface area contributed by atoms with Crippen molar-refractivity contribution in [3.8, 4) is 17.2 Å². The third-order valence-corrected chi connectivity index (χ3v) is 9.08. The van der Waals surface area contributed by atoms with E-state index in [1.807, 2.05) is 12.1 Å². The maximum atomic E-state index is 14.5. The number of methoxy groups -OCH3 is 3. The Balaban J connectivity index is 1.39. The number of nitrogens with one attached hydrogen (secondary N) is 2. The largest absolute Gasteiger partial charge is 0.493 e. The van der Waals surface area contributed by atoms with Gasteiger partial charge in [-0.15, -0.1) is 0 Å². The molecular weight excluding hydrogens is 570 g/mol. The second-order valence-electron chi connectivity index (χ2n) is 11.4. The minimum Gasteiger partial charge on any atom is -0.493 e. The molecule has 2 fully saturated rings. The molecule has 234 valence electrons. The third kappa shape index (κ3) is 5.93. The first-order valence-corrected chi connectivity index (χ1v) is 14.7. The van der Waals surface area contributed by atoms with Gasteiger partial charge in [-0.1, -0.05) is 12.1 Å². The lowest BCUT2D eigenvalue weighted by molar-refractivity contribution is -0.127. The Morgan fingerprint density at radius 2 is 1.68 bits per heavy atom. The number of amides is 2. The Hall–Kier alpha value is -4.25. The van der Waals surface area contributed by atoms with Gasteiger partial charge < -0.3 is 29.7 Å². The highest BCUT2D eigenvalue weighted by atomic mass is 19.2. The summed E-state index contributed by atoms with van der Waals surface area (Å²) in [6.07, 6.45) is 5.63. The molecular formula is C33H38F2N4O5. The van der Waals surface area contributed by atoms with Crippen LogP contribution in [0.4, 0.5) is 8.78 Å². The van der Waals surface area contributed by atoms with Gasteiger partial charge in [-0.3, -0.25) is 14.6 Å². The molecule has 3 aromatic rings. The van der Waals surface area contributed by atoms with Gasteiger partial charge in [0.25, 0.3) is 5.91 Å². The summed E-state index contributed by atoms with van der Waals surface area (Å²) in [6.45, 7) is 2.34. The van der Waals surface area contributed by atoms with Gasteiger partial charge in [0.15, 0.2) is 23.1 Å². The van der Waals surface area contributed by atoms with Gasteiger partial charge in [-0.05, 0) is 80.2 Å². The number of nitrogens with zero attached hydrogens (tertiary/aromatic N) is 2. The normalized spacial score (nSPS) is 19.3. The van der Waals surface area contributed by atoms with Crippen molar-refractivity contribution < 1.29 is 32.6 Å². The molecule has 0 radical (unpaired) electrons. The van der Waals surface area contributed by atoms with Gasteiger partial charge in [-0.2, -0.15) is 0 Å².